The van der Waals surface area contributed by atoms with Crippen molar-refractivity contribution in [3.63, 3.8) is 0 Å². The number of hydrogen-bond donors (Lipinski definition) is 1. The molecular formula is C19H15ClN4S. The first-order valence-electron chi connectivity index (χ1n) is 7.88. The summed E-state index contributed by atoms with van der Waals surface area (Å²) in [5, 5.41) is 5.00. The lowest BCUT2D eigenvalue weighted by Crippen LogP contribution is -2.04. The second-order valence-electron chi connectivity index (χ2n) is 5.60. The smallest absolute Gasteiger partial charge is 0.181 e. The maximum Gasteiger partial charge on any atom is 0.181 e. The van der Waals surface area contributed by atoms with E-state index in [0.717, 1.165) is 26.6 Å². The van der Waals surface area contributed by atoms with E-state index in [1.165, 1.54) is 5.56 Å². The van der Waals surface area contributed by atoms with Crippen LogP contribution in [0.3, 0.4) is 0 Å². The largest absolute Gasteiger partial charge is 0.365 e. The van der Waals surface area contributed by atoms with Crippen molar-refractivity contribution in [2.75, 3.05) is 5.32 Å². The van der Waals surface area contributed by atoms with Crippen LogP contribution in [0.2, 0.25) is 5.02 Å². The van der Waals surface area contributed by atoms with E-state index in [4.69, 9.17) is 16.6 Å². The van der Waals surface area contributed by atoms with Crippen molar-refractivity contribution in [2.24, 2.45) is 0 Å². The minimum Gasteiger partial charge on any atom is -0.365 e. The summed E-state index contributed by atoms with van der Waals surface area (Å²) < 4.78 is 0. The van der Waals surface area contributed by atoms with E-state index < -0.39 is 0 Å². The Morgan fingerprint density at radius 1 is 1.04 bits per heavy atom. The summed E-state index contributed by atoms with van der Waals surface area (Å²) in [7, 11) is 0. The number of anilines is 1. The Labute approximate surface area is 154 Å². The van der Waals surface area contributed by atoms with Gasteiger partial charge in [-0.3, -0.25) is 4.98 Å². The van der Waals surface area contributed by atoms with Crippen LogP contribution in [0.5, 0.6) is 0 Å². The van der Waals surface area contributed by atoms with Crippen LogP contribution < -0.4 is 5.32 Å². The summed E-state index contributed by atoms with van der Waals surface area (Å²) in [6.45, 7) is 2.66. The standard InChI is InChI=1S/C19H15ClN4S/c1-12-16(20)15-18(22-11-13-7-3-2-4-8-13)23-17(24-19(15)25-12)14-9-5-6-10-21-14/h2-10H,11H2,1H3,(H,22,23,24). The number of fused-ring (bicyclic) bond motifs is 1. The van der Waals surface area contributed by atoms with Gasteiger partial charge in [-0.15, -0.1) is 11.3 Å². The van der Waals surface area contributed by atoms with E-state index in [1.54, 1.807) is 17.5 Å². The Kier molecular flexibility index (Phi) is 4.34. The number of thiophene rings is 1. The number of nitrogens with one attached hydrogen (secondary N) is 1. The predicted molar refractivity (Wildman–Crippen MR) is 104 cm³/mol. The summed E-state index contributed by atoms with van der Waals surface area (Å²) in [6, 6.07) is 15.9. The predicted octanol–water partition coefficient (Wildman–Crippen LogP) is 5.33. The first-order chi connectivity index (χ1) is 12.2. The molecule has 0 bridgehead atoms. The molecule has 0 aliphatic carbocycles. The summed E-state index contributed by atoms with van der Waals surface area (Å²) in [5.41, 5.74) is 1.92. The number of halogens is 1. The molecule has 4 aromatic rings. The molecule has 0 unspecified atom stereocenters. The Hall–Kier alpha value is -2.50. The van der Waals surface area contributed by atoms with E-state index in [9.17, 15) is 0 Å². The number of aryl methyl sites for hydroxylation is 1. The topological polar surface area (TPSA) is 50.7 Å². The van der Waals surface area contributed by atoms with Gasteiger partial charge in [0.15, 0.2) is 5.82 Å². The summed E-state index contributed by atoms with van der Waals surface area (Å²) >= 11 is 8.07. The van der Waals surface area contributed by atoms with Crippen LogP contribution in [0, 0.1) is 6.92 Å². The molecule has 0 fully saturated rings. The average molecular weight is 367 g/mol. The van der Waals surface area contributed by atoms with E-state index in [-0.39, 0.29) is 0 Å². The molecule has 3 heterocycles. The molecule has 25 heavy (non-hydrogen) atoms. The Balaban J connectivity index is 1.80. The van der Waals surface area contributed by atoms with Gasteiger partial charge >= 0.3 is 0 Å². The Morgan fingerprint density at radius 2 is 1.84 bits per heavy atom. The van der Waals surface area contributed by atoms with Crippen LogP contribution in [0.15, 0.2) is 54.7 Å². The molecular weight excluding hydrogens is 352 g/mol. The molecule has 1 N–H and O–H groups in total. The Bertz CT molecular complexity index is 1020. The molecule has 0 aliphatic rings. The van der Waals surface area contributed by atoms with Crippen molar-refractivity contribution < 1.29 is 0 Å². The van der Waals surface area contributed by atoms with E-state index in [1.807, 2.05) is 43.3 Å². The van der Waals surface area contributed by atoms with Crippen LogP contribution in [-0.4, -0.2) is 15.0 Å². The third-order valence-corrected chi connectivity index (χ3v) is 5.43. The highest BCUT2D eigenvalue weighted by molar-refractivity contribution is 7.19. The summed E-state index contributed by atoms with van der Waals surface area (Å²) in [5.74, 6) is 1.34. The van der Waals surface area contributed by atoms with Gasteiger partial charge in [-0.2, -0.15) is 0 Å². The van der Waals surface area contributed by atoms with Crippen molar-refractivity contribution in [2.45, 2.75) is 13.5 Å². The molecule has 6 heteroatoms. The number of aromatic nitrogens is 3. The van der Waals surface area contributed by atoms with Crippen molar-refractivity contribution in [1.29, 1.82) is 0 Å². The lowest BCUT2D eigenvalue weighted by molar-refractivity contribution is 1.10. The molecule has 0 radical (unpaired) electrons. The van der Waals surface area contributed by atoms with E-state index >= 15 is 0 Å². The minimum absolute atomic E-state index is 0.599. The van der Waals surface area contributed by atoms with Crippen molar-refractivity contribution in [3.05, 3.63) is 70.2 Å². The van der Waals surface area contributed by atoms with E-state index in [0.29, 0.717) is 17.4 Å². The zero-order valence-corrected chi connectivity index (χ0v) is 15.1. The molecule has 0 spiro atoms. The molecule has 0 saturated carbocycles. The fraction of sp³-hybridized carbons (Fsp3) is 0.105. The van der Waals surface area contributed by atoms with Gasteiger partial charge in [-0.25, -0.2) is 9.97 Å². The van der Waals surface area contributed by atoms with Crippen molar-refractivity contribution >= 4 is 39.0 Å². The van der Waals surface area contributed by atoms with Crippen LogP contribution >= 0.6 is 22.9 Å². The van der Waals surface area contributed by atoms with Gasteiger partial charge in [0.05, 0.1) is 10.4 Å². The molecule has 0 saturated heterocycles. The lowest BCUT2D eigenvalue weighted by Gasteiger charge is -2.09. The number of hydrogen-bond acceptors (Lipinski definition) is 5. The minimum atomic E-state index is 0.599. The highest BCUT2D eigenvalue weighted by atomic mass is 35.5. The van der Waals surface area contributed by atoms with Gasteiger partial charge in [-0.05, 0) is 24.6 Å². The second-order valence-corrected chi connectivity index (χ2v) is 7.18. The van der Waals surface area contributed by atoms with Gasteiger partial charge in [0, 0.05) is 17.6 Å². The van der Waals surface area contributed by atoms with Crippen molar-refractivity contribution in [3.8, 4) is 11.5 Å². The normalized spacial score (nSPS) is 11.0. The summed E-state index contributed by atoms with van der Waals surface area (Å²) in [4.78, 5) is 15.6. The quantitative estimate of drug-likeness (QED) is 0.530. The first-order valence-corrected chi connectivity index (χ1v) is 9.07. The molecule has 3 aromatic heterocycles. The maximum atomic E-state index is 6.50. The molecule has 4 nitrogen and oxygen atoms in total. The fourth-order valence-electron chi connectivity index (χ4n) is 2.60. The average Bonchev–Trinajstić information content (AvgIpc) is 2.95. The van der Waals surface area contributed by atoms with Crippen molar-refractivity contribution in [1.82, 2.24) is 15.0 Å². The first kappa shape index (κ1) is 16.0. The third kappa shape index (κ3) is 3.21. The van der Waals surface area contributed by atoms with Crippen LogP contribution in [0.25, 0.3) is 21.7 Å². The zero-order valence-electron chi connectivity index (χ0n) is 13.5. The summed E-state index contributed by atoms with van der Waals surface area (Å²) in [6.07, 6.45) is 1.74. The number of pyridine rings is 1. The molecule has 4 rings (SSSR count). The molecule has 0 amide bonds. The van der Waals surface area contributed by atoms with Crippen LogP contribution in [-0.2, 0) is 6.54 Å². The number of nitrogens with zero attached hydrogens (tertiary/aromatic N) is 3. The molecule has 124 valence electrons. The molecule has 0 aliphatic heterocycles. The molecule has 0 atom stereocenters. The van der Waals surface area contributed by atoms with Crippen LogP contribution in [0.1, 0.15) is 10.4 Å². The lowest BCUT2D eigenvalue weighted by atomic mass is 10.2. The van der Waals surface area contributed by atoms with E-state index in [2.05, 4.69) is 27.4 Å². The zero-order chi connectivity index (χ0) is 17.2. The third-order valence-electron chi connectivity index (χ3n) is 3.85. The highest BCUT2D eigenvalue weighted by Gasteiger charge is 2.17. The number of rotatable bonds is 4. The SMILES string of the molecule is Cc1sc2nc(-c3ccccn3)nc(NCc3ccccc3)c2c1Cl. The monoisotopic (exact) mass is 366 g/mol. The molecule has 1 aromatic carbocycles. The Morgan fingerprint density at radius 3 is 2.60 bits per heavy atom. The fourth-order valence-corrected chi connectivity index (χ4v) is 3.86. The van der Waals surface area contributed by atoms with Gasteiger partial charge in [-0.1, -0.05) is 48.0 Å². The highest BCUT2D eigenvalue weighted by Crippen LogP contribution is 2.38. The van der Waals surface area contributed by atoms with Crippen LogP contribution in [0.4, 0.5) is 5.82 Å². The number of benzene rings is 1. The van der Waals surface area contributed by atoms with Gasteiger partial charge < -0.3 is 5.32 Å². The maximum absolute atomic E-state index is 6.50. The van der Waals surface area contributed by atoms with Gasteiger partial charge in [0.1, 0.15) is 16.3 Å². The van der Waals surface area contributed by atoms with Gasteiger partial charge in [0.2, 0.25) is 0 Å². The van der Waals surface area contributed by atoms with Gasteiger partial charge in [0.25, 0.3) is 0 Å². The second kappa shape index (κ2) is 6.78.